The second-order valence-electron chi connectivity index (χ2n) is 12.1. The fraction of sp³-hybridized carbons (Fsp3) is 0. The average Bonchev–Trinajstić information content (AvgIpc) is 3.72. The van der Waals surface area contributed by atoms with Gasteiger partial charge in [-0.2, -0.15) is 0 Å². The van der Waals surface area contributed by atoms with Gasteiger partial charge in [0.1, 0.15) is 11.2 Å². The lowest BCUT2D eigenvalue weighted by molar-refractivity contribution is 0.671. The number of rotatable bonds is 4. The summed E-state index contributed by atoms with van der Waals surface area (Å²) in [6.07, 6.45) is 0. The summed E-state index contributed by atoms with van der Waals surface area (Å²) < 4.78 is 9.24. The topological polar surface area (TPSA) is 38.9 Å². The number of fused-ring (bicyclic) bond motifs is 7. The van der Waals surface area contributed by atoms with Crippen LogP contribution in [0.25, 0.3) is 97.9 Å². The molecule has 48 heavy (non-hydrogen) atoms. The van der Waals surface area contributed by atoms with Crippen molar-refractivity contribution in [1.29, 1.82) is 0 Å². The summed E-state index contributed by atoms with van der Waals surface area (Å²) in [6.45, 7) is 0. The minimum atomic E-state index is 0.654. The van der Waals surface area contributed by atoms with Crippen molar-refractivity contribution in [3.8, 4) is 44.9 Å². The quantitative estimate of drug-likeness (QED) is 0.194. The van der Waals surface area contributed by atoms with Crippen molar-refractivity contribution in [2.45, 2.75) is 0 Å². The lowest BCUT2D eigenvalue weighted by Gasteiger charge is -2.09. The van der Waals surface area contributed by atoms with Crippen LogP contribution < -0.4 is 0 Å². The van der Waals surface area contributed by atoms with Gasteiger partial charge in [0.05, 0.1) is 21.5 Å². The molecule has 3 aromatic heterocycles. The van der Waals surface area contributed by atoms with Crippen molar-refractivity contribution in [1.82, 2.24) is 9.97 Å². The van der Waals surface area contributed by atoms with Crippen LogP contribution in [0.2, 0.25) is 0 Å². The van der Waals surface area contributed by atoms with Crippen LogP contribution >= 0.6 is 11.3 Å². The van der Waals surface area contributed by atoms with Gasteiger partial charge in [0, 0.05) is 32.0 Å². The Labute approximate surface area is 280 Å². The molecule has 0 N–H and O–H groups in total. The number of hydrogen-bond acceptors (Lipinski definition) is 4. The second kappa shape index (κ2) is 10.7. The molecule has 0 spiro atoms. The first-order chi connectivity index (χ1) is 23.8. The van der Waals surface area contributed by atoms with Crippen molar-refractivity contribution < 1.29 is 4.42 Å². The normalized spacial score (nSPS) is 11.8. The van der Waals surface area contributed by atoms with E-state index >= 15 is 0 Å². The van der Waals surface area contributed by atoms with Gasteiger partial charge in [-0.25, -0.2) is 9.97 Å². The van der Waals surface area contributed by atoms with Gasteiger partial charge in [-0.05, 0) is 51.7 Å². The highest BCUT2D eigenvalue weighted by molar-refractivity contribution is 7.26. The fourth-order valence-electron chi connectivity index (χ4n) is 7.05. The third-order valence-electron chi connectivity index (χ3n) is 9.28. The molecule has 10 rings (SSSR count). The first kappa shape index (κ1) is 27.1. The molecular weight excluding hydrogens is 605 g/mol. The third kappa shape index (κ3) is 4.20. The van der Waals surface area contributed by atoms with Crippen molar-refractivity contribution in [3.05, 3.63) is 158 Å². The lowest BCUT2D eigenvalue weighted by Crippen LogP contribution is -1.94. The van der Waals surface area contributed by atoms with Crippen LogP contribution in [0.5, 0.6) is 0 Å². The summed E-state index contributed by atoms with van der Waals surface area (Å²) in [6, 6.07) is 55.4. The van der Waals surface area contributed by atoms with E-state index in [0.29, 0.717) is 5.82 Å². The van der Waals surface area contributed by atoms with E-state index in [4.69, 9.17) is 14.4 Å². The Morgan fingerprint density at radius 3 is 1.98 bits per heavy atom. The Hall–Kier alpha value is -6.10. The Balaban J connectivity index is 1.27. The van der Waals surface area contributed by atoms with E-state index in [2.05, 4.69) is 158 Å². The smallest absolute Gasteiger partial charge is 0.164 e. The molecule has 0 radical (unpaired) electrons. The number of benzene rings is 7. The standard InChI is InChI=1S/C44H26N2OS/c1-3-13-27(14-4-1)29-18-11-19-31(25-29)39-43-40(34-21-9-10-24-37(34)48-43)46-44(45-39)35-23-12-22-33-36-26-30-17-7-8-20-32(30)38(42(36)47-41(33)35)28-15-5-2-6-16-28/h1-26H. The molecule has 0 saturated heterocycles. The summed E-state index contributed by atoms with van der Waals surface area (Å²) in [4.78, 5) is 10.7. The molecule has 3 heterocycles. The Bertz CT molecular complexity index is 2830. The third-order valence-corrected chi connectivity index (χ3v) is 10.4. The van der Waals surface area contributed by atoms with E-state index in [9.17, 15) is 0 Å². The van der Waals surface area contributed by atoms with Gasteiger partial charge in [-0.3, -0.25) is 0 Å². The highest BCUT2D eigenvalue weighted by atomic mass is 32.1. The van der Waals surface area contributed by atoms with Crippen LogP contribution in [-0.2, 0) is 0 Å². The van der Waals surface area contributed by atoms with Crippen LogP contribution in [0.4, 0.5) is 0 Å². The molecule has 0 bridgehead atoms. The number of para-hydroxylation sites is 1. The van der Waals surface area contributed by atoms with E-state index < -0.39 is 0 Å². The van der Waals surface area contributed by atoms with Gasteiger partial charge in [0.15, 0.2) is 5.82 Å². The zero-order valence-electron chi connectivity index (χ0n) is 25.7. The number of nitrogens with zero attached hydrogens (tertiary/aromatic N) is 2. The SMILES string of the molecule is c1ccc(-c2cccc(-c3nc(-c4cccc5c4oc4c(-c6ccccc6)c6ccccc6cc45)nc4c3sc3ccccc34)c2)cc1. The molecule has 0 aliphatic carbocycles. The van der Waals surface area contributed by atoms with Crippen LogP contribution in [0, 0.1) is 0 Å². The lowest BCUT2D eigenvalue weighted by atomic mass is 9.95. The van der Waals surface area contributed by atoms with Gasteiger partial charge >= 0.3 is 0 Å². The predicted molar refractivity (Wildman–Crippen MR) is 201 cm³/mol. The summed E-state index contributed by atoms with van der Waals surface area (Å²) in [5.41, 5.74) is 10.1. The van der Waals surface area contributed by atoms with Crippen LogP contribution in [0.15, 0.2) is 162 Å². The molecule has 0 unspecified atom stereocenters. The maximum absolute atomic E-state index is 6.96. The van der Waals surface area contributed by atoms with Crippen LogP contribution in [0.1, 0.15) is 0 Å². The maximum atomic E-state index is 6.96. The molecule has 224 valence electrons. The molecule has 0 aliphatic rings. The molecule has 0 fully saturated rings. The molecule has 7 aromatic carbocycles. The second-order valence-corrected chi connectivity index (χ2v) is 13.2. The molecule has 4 heteroatoms. The van der Waals surface area contributed by atoms with E-state index in [1.54, 1.807) is 11.3 Å². The van der Waals surface area contributed by atoms with E-state index in [1.807, 2.05) is 0 Å². The van der Waals surface area contributed by atoms with Gasteiger partial charge < -0.3 is 4.42 Å². The number of furan rings is 1. The first-order valence-electron chi connectivity index (χ1n) is 16.1. The van der Waals surface area contributed by atoms with Crippen LogP contribution in [-0.4, -0.2) is 9.97 Å². The number of thiophene rings is 1. The van der Waals surface area contributed by atoms with E-state index in [0.717, 1.165) is 71.1 Å². The van der Waals surface area contributed by atoms with E-state index in [1.165, 1.54) is 21.0 Å². The van der Waals surface area contributed by atoms with Gasteiger partial charge in [0.25, 0.3) is 0 Å². The Morgan fingerprint density at radius 1 is 0.458 bits per heavy atom. The molecule has 0 aliphatic heterocycles. The van der Waals surface area contributed by atoms with Gasteiger partial charge in [-0.15, -0.1) is 11.3 Å². The summed E-state index contributed by atoms with van der Waals surface area (Å²) >= 11 is 1.75. The number of aromatic nitrogens is 2. The van der Waals surface area contributed by atoms with Gasteiger partial charge in [0.2, 0.25) is 0 Å². The summed E-state index contributed by atoms with van der Waals surface area (Å²) in [7, 11) is 0. The zero-order valence-corrected chi connectivity index (χ0v) is 26.5. The summed E-state index contributed by atoms with van der Waals surface area (Å²) in [5, 5.41) is 5.62. The molecule has 0 saturated carbocycles. The molecule has 0 amide bonds. The Morgan fingerprint density at radius 2 is 1.12 bits per heavy atom. The average molecular weight is 631 g/mol. The van der Waals surface area contributed by atoms with Crippen LogP contribution in [0.3, 0.4) is 0 Å². The Kier molecular flexibility index (Phi) is 6.05. The number of hydrogen-bond donors (Lipinski definition) is 0. The minimum Gasteiger partial charge on any atom is -0.455 e. The summed E-state index contributed by atoms with van der Waals surface area (Å²) in [5.74, 6) is 0.654. The fourth-order valence-corrected chi connectivity index (χ4v) is 8.20. The highest BCUT2D eigenvalue weighted by Crippen LogP contribution is 2.45. The molecule has 10 aromatic rings. The largest absolute Gasteiger partial charge is 0.455 e. The van der Waals surface area contributed by atoms with Gasteiger partial charge in [-0.1, -0.05) is 133 Å². The minimum absolute atomic E-state index is 0.654. The van der Waals surface area contributed by atoms with Crippen molar-refractivity contribution in [2.75, 3.05) is 0 Å². The highest BCUT2D eigenvalue weighted by Gasteiger charge is 2.22. The predicted octanol–water partition coefficient (Wildman–Crippen LogP) is 12.6. The first-order valence-corrected chi connectivity index (χ1v) is 16.9. The molecule has 0 atom stereocenters. The monoisotopic (exact) mass is 630 g/mol. The van der Waals surface area contributed by atoms with E-state index in [-0.39, 0.29) is 0 Å². The van der Waals surface area contributed by atoms with Crippen molar-refractivity contribution in [3.63, 3.8) is 0 Å². The molecular formula is C44H26N2OS. The maximum Gasteiger partial charge on any atom is 0.164 e. The molecule has 3 nitrogen and oxygen atoms in total. The zero-order chi connectivity index (χ0) is 31.6. The van der Waals surface area contributed by atoms with Crippen molar-refractivity contribution in [2.24, 2.45) is 0 Å². The van der Waals surface area contributed by atoms with Crippen molar-refractivity contribution >= 4 is 64.4 Å².